The Morgan fingerprint density at radius 1 is 1.18 bits per heavy atom. The Balaban J connectivity index is 1.75. The molecule has 3 rings (SSSR count). The Bertz CT molecular complexity index is 797. The zero-order valence-electron chi connectivity index (χ0n) is 12.0. The summed E-state index contributed by atoms with van der Waals surface area (Å²) in [5.74, 6) is 0.506. The van der Waals surface area contributed by atoms with E-state index in [1.165, 1.54) is 0 Å². The van der Waals surface area contributed by atoms with E-state index in [0.29, 0.717) is 18.9 Å². The van der Waals surface area contributed by atoms with Crippen LogP contribution in [-0.2, 0) is 16.4 Å². The van der Waals surface area contributed by atoms with Crippen LogP contribution < -0.4 is 4.72 Å². The third kappa shape index (κ3) is 3.38. The van der Waals surface area contributed by atoms with Gasteiger partial charge in [-0.05, 0) is 48.6 Å². The van der Waals surface area contributed by atoms with Crippen molar-refractivity contribution in [1.29, 1.82) is 5.26 Å². The molecule has 1 saturated carbocycles. The van der Waals surface area contributed by atoms with Gasteiger partial charge in [-0.25, -0.2) is 13.1 Å². The summed E-state index contributed by atoms with van der Waals surface area (Å²) in [6, 6.07) is 12.6. The molecular weight excluding hydrogens is 298 g/mol. The van der Waals surface area contributed by atoms with E-state index >= 15 is 0 Å². The highest BCUT2D eigenvalue weighted by Gasteiger charge is 2.24. The van der Waals surface area contributed by atoms with Crippen LogP contribution >= 0.6 is 0 Å². The first kappa shape index (κ1) is 14.8. The maximum atomic E-state index is 12.1. The Hall–Kier alpha value is -2.10. The van der Waals surface area contributed by atoms with E-state index in [1.807, 2.05) is 12.1 Å². The quantitative estimate of drug-likeness (QED) is 0.858. The fraction of sp³-hybridized carbons (Fsp3) is 0.312. The highest BCUT2D eigenvalue weighted by Crippen LogP contribution is 2.28. The number of nitrogens with one attached hydrogen (secondary N) is 2. The van der Waals surface area contributed by atoms with Crippen molar-refractivity contribution in [1.82, 2.24) is 9.71 Å². The number of rotatable bonds is 6. The van der Waals surface area contributed by atoms with Crippen molar-refractivity contribution in [2.75, 3.05) is 6.54 Å². The second-order valence-electron chi connectivity index (χ2n) is 5.55. The Kier molecular flexibility index (Phi) is 4.01. The summed E-state index contributed by atoms with van der Waals surface area (Å²) in [6.45, 7) is 0.526. The van der Waals surface area contributed by atoms with Gasteiger partial charge in [0.05, 0.1) is 17.4 Å². The fourth-order valence-corrected chi connectivity index (χ4v) is 3.36. The smallest absolute Gasteiger partial charge is 0.240 e. The third-order valence-corrected chi connectivity index (χ3v) is 5.19. The summed E-state index contributed by atoms with van der Waals surface area (Å²) < 4.78 is 26.9. The Morgan fingerprint density at radius 3 is 2.55 bits per heavy atom. The molecule has 1 fully saturated rings. The van der Waals surface area contributed by atoms with Gasteiger partial charge in [-0.2, -0.15) is 5.26 Å². The van der Waals surface area contributed by atoms with E-state index in [-0.39, 0.29) is 4.90 Å². The topological polar surface area (TPSA) is 85.8 Å². The number of H-pyrrole nitrogens is 1. The van der Waals surface area contributed by atoms with Crippen LogP contribution in [0.5, 0.6) is 0 Å². The van der Waals surface area contributed by atoms with Crippen molar-refractivity contribution in [3.05, 3.63) is 42.1 Å². The molecule has 0 amide bonds. The first-order valence-corrected chi connectivity index (χ1v) is 8.72. The van der Waals surface area contributed by atoms with Crippen molar-refractivity contribution in [3.63, 3.8) is 0 Å². The summed E-state index contributed by atoms with van der Waals surface area (Å²) >= 11 is 0. The van der Waals surface area contributed by atoms with Crippen LogP contribution in [0.25, 0.3) is 11.3 Å². The minimum atomic E-state index is -3.42. The van der Waals surface area contributed by atoms with Gasteiger partial charge in [0, 0.05) is 17.9 Å². The summed E-state index contributed by atoms with van der Waals surface area (Å²) in [4.78, 5) is 3.43. The van der Waals surface area contributed by atoms with Crippen LogP contribution in [-0.4, -0.2) is 19.9 Å². The monoisotopic (exact) mass is 315 g/mol. The summed E-state index contributed by atoms with van der Waals surface area (Å²) in [5, 5.41) is 8.68. The molecule has 1 heterocycles. The summed E-state index contributed by atoms with van der Waals surface area (Å²) in [6.07, 6.45) is 2.55. The molecule has 6 heteroatoms. The highest BCUT2D eigenvalue weighted by molar-refractivity contribution is 7.89. The maximum absolute atomic E-state index is 12.1. The number of aromatic nitrogens is 1. The number of benzene rings is 1. The van der Waals surface area contributed by atoms with Gasteiger partial charge in [0.25, 0.3) is 0 Å². The van der Waals surface area contributed by atoms with Crippen LogP contribution in [0.3, 0.4) is 0 Å². The minimum Gasteiger partial charge on any atom is -0.358 e. The van der Waals surface area contributed by atoms with Crippen molar-refractivity contribution < 1.29 is 8.42 Å². The van der Waals surface area contributed by atoms with Crippen molar-refractivity contribution in [2.24, 2.45) is 5.92 Å². The summed E-state index contributed by atoms with van der Waals surface area (Å²) in [7, 11) is -3.42. The second kappa shape index (κ2) is 5.95. The average Bonchev–Trinajstić information content (AvgIpc) is 3.24. The first-order chi connectivity index (χ1) is 10.6. The second-order valence-corrected chi connectivity index (χ2v) is 7.32. The van der Waals surface area contributed by atoms with Crippen molar-refractivity contribution in [3.8, 4) is 17.3 Å². The van der Waals surface area contributed by atoms with Gasteiger partial charge in [-0.3, -0.25) is 0 Å². The molecule has 1 aromatic heterocycles. The lowest BCUT2D eigenvalue weighted by Gasteiger charge is -2.06. The van der Waals surface area contributed by atoms with E-state index in [2.05, 4.69) is 15.8 Å². The minimum absolute atomic E-state index is 0.278. The number of nitrogens with zero attached hydrogens (tertiary/aromatic N) is 1. The molecule has 0 spiro atoms. The molecule has 22 heavy (non-hydrogen) atoms. The zero-order valence-corrected chi connectivity index (χ0v) is 12.9. The van der Waals surface area contributed by atoms with Crippen LogP contribution in [0, 0.1) is 17.2 Å². The van der Waals surface area contributed by atoms with E-state index in [1.54, 1.807) is 24.3 Å². The molecule has 0 aliphatic heterocycles. The number of hydrogen-bond acceptors (Lipinski definition) is 3. The van der Waals surface area contributed by atoms with Gasteiger partial charge >= 0.3 is 0 Å². The molecule has 1 aromatic carbocycles. The summed E-state index contributed by atoms with van der Waals surface area (Å²) in [5.41, 5.74) is 2.62. The number of hydrogen-bond donors (Lipinski definition) is 2. The van der Waals surface area contributed by atoms with Gasteiger partial charge in [-0.1, -0.05) is 12.1 Å². The lowest BCUT2D eigenvalue weighted by atomic mass is 10.2. The van der Waals surface area contributed by atoms with E-state index in [4.69, 9.17) is 5.26 Å². The molecule has 0 bridgehead atoms. The highest BCUT2D eigenvalue weighted by atomic mass is 32.2. The van der Waals surface area contributed by atoms with Crippen LogP contribution in [0.15, 0.2) is 41.3 Å². The normalized spacial score (nSPS) is 14.7. The molecule has 2 aromatic rings. The molecule has 0 unspecified atom stereocenters. The predicted molar refractivity (Wildman–Crippen MR) is 83.5 cm³/mol. The molecule has 114 valence electrons. The van der Waals surface area contributed by atoms with Gasteiger partial charge in [0.1, 0.15) is 0 Å². The van der Waals surface area contributed by atoms with Crippen LogP contribution in [0.4, 0.5) is 0 Å². The van der Waals surface area contributed by atoms with Crippen LogP contribution in [0.1, 0.15) is 18.5 Å². The first-order valence-electron chi connectivity index (χ1n) is 7.23. The molecule has 0 saturated heterocycles. The van der Waals surface area contributed by atoms with Crippen LogP contribution in [0.2, 0.25) is 0 Å². The molecule has 0 atom stereocenters. The molecule has 2 N–H and O–H groups in total. The zero-order chi connectivity index (χ0) is 15.6. The number of nitriles is 1. The molecule has 0 radical (unpaired) electrons. The lowest BCUT2D eigenvalue weighted by molar-refractivity contribution is 0.577. The third-order valence-electron chi connectivity index (χ3n) is 3.75. The van der Waals surface area contributed by atoms with E-state index in [0.717, 1.165) is 29.8 Å². The van der Waals surface area contributed by atoms with Crippen molar-refractivity contribution in [2.45, 2.75) is 24.2 Å². The number of sulfonamides is 1. The van der Waals surface area contributed by atoms with Gasteiger partial charge in [0.2, 0.25) is 10.0 Å². The largest absolute Gasteiger partial charge is 0.358 e. The maximum Gasteiger partial charge on any atom is 0.240 e. The Morgan fingerprint density at radius 2 is 1.91 bits per heavy atom. The average molecular weight is 315 g/mol. The van der Waals surface area contributed by atoms with Gasteiger partial charge < -0.3 is 4.98 Å². The van der Waals surface area contributed by atoms with E-state index in [9.17, 15) is 8.42 Å². The molecular formula is C16H17N3O2S. The Labute approximate surface area is 130 Å². The predicted octanol–water partition coefficient (Wildman–Crippen LogP) is 2.44. The fourth-order valence-electron chi connectivity index (χ4n) is 2.24. The molecule has 1 aliphatic carbocycles. The van der Waals surface area contributed by atoms with E-state index < -0.39 is 10.0 Å². The number of aromatic amines is 1. The lowest BCUT2D eigenvalue weighted by Crippen LogP contribution is -2.25. The SMILES string of the molecule is N#CCc1ccc(-c2ccc(S(=O)(=O)NCC3CC3)cc2)[nH]1. The standard InChI is InChI=1S/C16H17N3O2S/c17-10-9-14-5-8-16(19-14)13-3-6-15(7-4-13)22(20,21)18-11-12-1-2-12/h3-8,12,18-19H,1-2,9,11H2. The van der Waals surface area contributed by atoms with Crippen molar-refractivity contribution >= 4 is 10.0 Å². The molecule has 5 nitrogen and oxygen atoms in total. The van der Waals surface area contributed by atoms with Gasteiger partial charge in [-0.15, -0.1) is 0 Å². The molecule has 1 aliphatic rings. The van der Waals surface area contributed by atoms with Gasteiger partial charge in [0.15, 0.2) is 0 Å².